The molecule has 0 aromatic heterocycles. The second kappa shape index (κ2) is 5.92. The van der Waals surface area contributed by atoms with Gasteiger partial charge in [-0.2, -0.15) is 0 Å². The molecular formula is C15H30. The fourth-order valence-electron chi connectivity index (χ4n) is 3.35. The van der Waals surface area contributed by atoms with E-state index in [-0.39, 0.29) is 0 Å². The lowest BCUT2D eigenvalue weighted by atomic mass is 9.67. The van der Waals surface area contributed by atoms with Crippen LogP contribution < -0.4 is 0 Å². The summed E-state index contributed by atoms with van der Waals surface area (Å²) in [6.45, 7) is 12.0. The number of hydrogen-bond donors (Lipinski definition) is 0. The smallest absolute Gasteiger partial charge is 0.0362 e. The molecule has 0 N–H and O–H groups in total. The maximum absolute atomic E-state index is 2.44. The van der Waals surface area contributed by atoms with Crippen LogP contribution in [0, 0.1) is 29.6 Å². The van der Waals surface area contributed by atoms with Gasteiger partial charge < -0.3 is 0 Å². The lowest BCUT2D eigenvalue weighted by Crippen LogP contribution is -2.28. The zero-order valence-corrected chi connectivity index (χ0v) is 11.4. The van der Waals surface area contributed by atoms with Crippen molar-refractivity contribution < 1.29 is 0 Å². The lowest BCUT2D eigenvalue weighted by Gasteiger charge is -2.38. The van der Waals surface area contributed by atoms with Gasteiger partial charge in [0.1, 0.15) is 0 Å². The molecule has 0 aromatic carbocycles. The highest BCUT2D eigenvalue weighted by atomic mass is 14.4. The summed E-state index contributed by atoms with van der Waals surface area (Å²) < 4.78 is 0. The Bertz CT molecular complexity index is 171. The summed E-state index contributed by atoms with van der Waals surface area (Å²) in [5.74, 6) is 4.83. The molecule has 4 unspecified atom stereocenters. The first-order valence-electron chi connectivity index (χ1n) is 7.04. The first-order valence-corrected chi connectivity index (χ1v) is 7.04. The molecule has 1 fully saturated rings. The Hall–Kier alpha value is 0. The SMILES string of the molecule is CCC(C)CC1CC(C)CCC1C(C)C. The summed E-state index contributed by atoms with van der Waals surface area (Å²) in [7, 11) is 0. The molecule has 0 spiro atoms. The van der Waals surface area contributed by atoms with E-state index in [1.807, 2.05) is 0 Å². The molecule has 0 nitrogen and oxygen atoms in total. The molecule has 90 valence electrons. The minimum atomic E-state index is 0.895. The summed E-state index contributed by atoms with van der Waals surface area (Å²) in [5, 5.41) is 0. The van der Waals surface area contributed by atoms with Crippen LogP contribution in [-0.4, -0.2) is 0 Å². The molecule has 1 rings (SSSR count). The Balaban J connectivity index is 2.54. The van der Waals surface area contributed by atoms with Crippen molar-refractivity contribution in [2.45, 2.75) is 66.7 Å². The van der Waals surface area contributed by atoms with Crippen molar-refractivity contribution in [2.24, 2.45) is 29.6 Å². The van der Waals surface area contributed by atoms with Gasteiger partial charge in [-0.25, -0.2) is 0 Å². The summed E-state index contributed by atoms with van der Waals surface area (Å²) in [4.78, 5) is 0. The predicted molar refractivity (Wildman–Crippen MR) is 68.9 cm³/mol. The third kappa shape index (κ3) is 3.81. The number of rotatable bonds is 4. The van der Waals surface area contributed by atoms with Gasteiger partial charge >= 0.3 is 0 Å². The van der Waals surface area contributed by atoms with Gasteiger partial charge in [0, 0.05) is 0 Å². The van der Waals surface area contributed by atoms with E-state index in [0.29, 0.717) is 0 Å². The van der Waals surface area contributed by atoms with Gasteiger partial charge in [-0.3, -0.25) is 0 Å². The molecular weight excluding hydrogens is 180 g/mol. The molecule has 0 radical (unpaired) electrons. The van der Waals surface area contributed by atoms with Crippen LogP contribution in [0.15, 0.2) is 0 Å². The van der Waals surface area contributed by atoms with Crippen LogP contribution in [0.3, 0.4) is 0 Å². The van der Waals surface area contributed by atoms with Gasteiger partial charge in [-0.05, 0) is 48.9 Å². The van der Waals surface area contributed by atoms with Crippen LogP contribution in [0.2, 0.25) is 0 Å². The predicted octanol–water partition coefficient (Wildman–Crippen LogP) is 5.13. The topological polar surface area (TPSA) is 0 Å². The van der Waals surface area contributed by atoms with Crippen molar-refractivity contribution in [1.82, 2.24) is 0 Å². The van der Waals surface area contributed by atoms with Crippen molar-refractivity contribution in [1.29, 1.82) is 0 Å². The number of hydrogen-bond acceptors (Lipinski definition) is 0. The zero-order chi connectivity index (χ0) is 11.4. The van der Waals surface area contributed by atoms with E-state index >= 15 is 0 Å². The van der Waals surface area contributed by atoms with E-state index in [4.69, 9.17) is 0 Å². The maximum Gasteiger partial charge on any atom is -0.0362 e. The van der Waals surface area contributed by atoms with Crippen molar-refractivity contribution >= 4 is 0 Å². The monoisotopic (exact) mass is 210 g/mol. The van der Waals surface area contributed by atoms with E-state index < -0.39 is 0 Å². The molecule has 1 saturated carbocycles. The minimum Gasteiger partial charge on any atom is -0.0651 e. The van der Waals surface area contributed by atoms with Crippen LogP contribution in [0.5, 0.6) is 0 Å². The van der Waals surface area contributed by atoms with Crippen LogP contribution in [-0.2, 0) is 0 Å². The van der Waals surface area contributed by atoms with E-state index in [0.717, 1.165) is 29.6 Å². The minimum absolute atomic E-state index is 0.895. The van der Waals surface area contributed by atoms with Gasteiger partial charge in [-0.15, -0.1) is 0 Å². The zero-order valence-electron chi connectivity index (χ0n) is 11.4. The summed E-state index contributed by atoms with van der Waals surface area (Å²) in [5.41, 5.74) is 0. The first kappa shape index (κ1) is 13.1. The average molecular weight is 210 g/mol. The Morgan fingerprint density at radius 2 is 1.80 bits per heavy atom. The fraction of sp³-hybridized carbons (Fsp3) is 1.00. The normalized spacial score (nSPS) is 34.4. The van der Waals surface area contributed by atoms with Crippen molar-refractivity contribution in [3.8, 4) is 0 Å². The lowest BCUT2D eigenvalue weighted by molar-refractivity contribution is 0.121. The molecule has 4 atom stereocenters. The Kier molecular flexibility index (Phi) is 5.15. The van der Waals surface area contributed by atoms with E-state index in [1.165, 1.54) is 32.1 Å². The molecule has 0 aromatic rings. The molecule has 15 heavy (non-hydrogen) atoms. The van der Waals surface area contributed by atoms with E-state index in [2.05, 4.69) is 34.6 Å². The fourth-order valence-corrected chi connectivity index (χ4v) is 3.35. The van der Waals surface area contributed by atoms with Crippen molar-refractivity contribution in [3.63, 3.8) is 0 Å². The third-order valence-corrected chi connectivity index (χ3v) is 4.56. The molecule has 0 heteroatoms. The summed E-state index contributed by atoms with van der Waals surface area (Å²) >= 11 is 0. The van der Waals surface area contributed by atoms with Crippen LogP contribution in [0.1, 0.15) is 66.7 Å². The average Bonchev–Trinajstić information content (AvgIpc) is 2.17. The molecule has 0 aliphatic heterocycles. The first-order chi connectivity index (χ1) is 7.04. The van der Waals surface area contributed by atoms with Crippen LogP contribution in [0.4, 0.5) is 0 Å². The highest BCUT2D eigenvalue weighted by Gasteiger charge is 2.30. The molecule has 0 amide bonds. The quantitative estimate of drug-likeness (QED) is 0.603. The Morgan fingerprint density at radius 1 is 1.13 bits per heavy atom. The van der Waals surface area contributed by atoms with Gasteiger partial charge in [0.25, 0.3) is 0 Å². The Labute approximate surface area is 96.8 Å². The van der Waals surface area contributed by atoms with Crippen LogP contribution >= 0.6 is 0 Å². The Morgan fingerprint density at radius 3 is 2.33 bits per heavy atom. The summed E-state index contributed by atoms with van der Waals surface area (Å²) in [6.07, 6.45) is 7.28. The third-order valence-electron chi connectivity index (χ3n) is 4.56. The second-order valence-corrected chi connectivity index (χ2v) is 6.34. The maximum atomic E-state index is 2.44. The van der Waals surface area contributed by atoms with Gasteiger partial charge in [0.2, 0.25) is 0 Å². The summed E-state index contributed by atoms with van der Waals surface area (Å²) in [6, 6.07) is 0. The van der Waals surface area contributed by atoms with Gasteiger partial charge in [0.15, 0.2) is 0 Å². The standard InChI is InChI=1S/C15H30/c1-6-12(4)9-14-10-13(5)7-8-15(14)11(2)3/h11-15H,6-10H2,1-5H3. The molecule has 0 heterocycles. The highest BCUT2D eigenvalue weighted by Crippen LogP contribution is 2.41. The molecule has 1 aliphatic carbocycles. The van der Waals surface area contributed by atoms with Crippen molar-refractivity contribution in [3.05, 3.63) is 0 Å². The van der Waals surface area contributed by atoms with Crippen LogP contribution in [0.25, 0.3) is 0 Å². The largest absolute Gasteiger partial charge is 0.0651 e. The van der Waals surface area contributed by atoms with Gasteiger partial charge in [0.05, 0.1) is 0 Å². The second-order valence-electron chi connectivity index (χ2n) is 6.34. The van der Waals surface area contributed by atoms with E-state index in [1.54, 1.807) is 0 Å². The highest BCUT2D eigenvalue weighted by molar-refractivity contribution is 4.81. The van der Waals surface area contributed by atoms with Gasteiger partial charge in [-0.1, -0.05) is 47.5 Å². The molecule has 0 saturated heterocycles. The molecule has 0 bridgehead atoms. The van der Waals surface area contributed by atoms with Crippen molar-refractivity contribution in [2.75, 3.05) is 0 Å². The van der Waals surface area contributed by atoms with E-state index in [9.17, 15) is 0 Å². The molecule has 1 aliphatic rings.